The van der Waals surface area contributed by atoms with E-state index < -0.39 is 11.7 Å². The third-order valence-corrected chi connectivity index (χ3v) is 2.74. The molecule has 0 atom stereocenters. The Kier molecular flexibility index (Phi) is 14.0. The van der Waals surface area contributed by atoms with Crippen molar-refractivity contribution < 1.29 is 14.3 Å². The lowest BCUT2D eigenvalue weighted by atomic mass is 10.2. The van der Waals surface area contributed by atoms with Gasteiger partial charge in [0.25, 0.3) is 0 Å². The third kappa shape index (κ3) is 16.0. The van der Waals surface area contributed by atoms with Crippen molar-refractivity contribution in [3.05, 3.63) is 12.2 Å². The molecule has 3 N–H and O–H groups in total. The van der Waals surface area contributed by atoms with Gasteiger partial charge in [-0.05, 0) is 34.1 Å². The highest BCUT2D eigenvalue weighted by atomic mass is 127. The first-order valence-electron chi connectivity index (χ1n) is 8.35. The number of carbonyl (C=O) groups excluding carboxylic acids is 2. The Balaban J connectivity index is 0. The second kappa shape index (κ2) is 13.7. The Hall–Kier alpha value is -1.52. The van der Waals surface area contributed by atoms with Crippen molar-refractivity contribution in [2.24, 2.45) is 4.99 Å². The quantitative estimate of drug-likeness (QED) is 0.161. The number of likely N-dealkylation sites (N-methyl/N-ethyl adjacent to an activating group) is 1. The molecule has 0 aliphatic rings. The van der Waals surface area contributed by atoms with Crippen LogP contribution in [-0.2, 0) is 9.53 Å². The Labute approximate surface area is 174 Å². The van der Waals surface area contributed by atoms with Crippen LogP contribution in [0.3, 0.4) is 0 Å². The molecule has 0 heterocycles. The van der Waals surface area contributed by atoms with Crippen molar-refractivity contribution in [2.45, 2.75) is 39.7 Å². The SMILES string of the molecule is C=C(C)CNC(=NCC(=O)N(C)C)NCCCNC(=O)OC(C)(C)C.I. The number of hydrogen-bond donors (Lipinski definition) is 3. The summed E-state index contributed by atoms with van der Waals surface area (Å²) in [6, 6.07) is 0. The summed E-state index contributed by atoms with van der Waals surface area (Å²) < 4.78 is 5.16. The van der Waals surface area contributed by atoms with Gasteiger partial charge >= 0.3 is 6.09 Å². The minimum absolute atomic E-state index is 0. The van der Waals surface area contributed by atoms with Gasteiger partial charge in [0, 0.05) is 33.7 Å². The van der Waals surface area contributed by atoms with Crippen LogP contribution < -0.4 is 16.0 Å². The molecule has 152 valence electrons. The predicted molar refractivity (Wildman–Crippen MR) is 116 cm³/mol. The summed E-state index contributed by atoms with van der Waals surface area (Å²) in [5.41, 5.74) is 0.452. The molecule has 0 unspecified atom stereocenters. The van der Waals surface area contributed by atoms with E-state index in [-0.39, 0.29) is 36.4 Å². The average molecular weight is 483 g/mol. The topological polar surface area (TPSA) is 95.1 Å². The van der Waals surface area contributed by atoms with Crippen LogP contribution in [0.15, 0.2) is 17.1 Å². The molecular weight excluding hydrogens is 449 g/mol. The van der Waals surface area contributed by atoms with Crippen LogP contribution in [0.2, 0.25) is 0 Å². The fourth-order valence-corrected chi connectivity index (χ4v) is 1.50. The molecule has 0 fully saturated rings. The number of nitrogens with zero attached hydrogens (tertiary/aromatic N) is 2. The third-order valence-electron chi connectivity index (χ3n) is 2.74. The van der Waals surface area contributed by atoms with Crippen LogP contribution in [-0.4, -0.2) is 68.7 Å². The summed E-state index contributed by atoms with van der Waals surface area (Å²) in [6.45, 7) is 12.9. The summed E-state index contributed by atoms with van der Waals surface area (Å²) in [5, 5.41) is 8.92. The molecule has 26 heavy (non-hydrogen) atoms. The molecule has 0 aliphatic heterocycles. The second-order valence-electron chi connectivity index (χ2n) is 6.97. The molecule has 0 bridgehead atoms. The van der Waals surface area contributed by atoms with Crippen molar-refractivity contribution in [1.82, 2.24) is 20.9 Å². The van der Waals surface area contributed by atoms with Gasteiger partial charge in [0.2, 0.25) is 5.91 Å². The van der Waals surface area contributed by atoms with Crippen molar-refractivity contribution in [3.8, 4) is 0 Å². The lowest BCUT2D eigenvalue weighted by Gasteiger charge is -2.19. The number of alkyl carbamates (subject to hydrolysis) is 1. The number of guanidine groups is 1. The highest BCUT2D eigenvalue weighted by molar-refractivity contribution is 14.0. The molecule has 0 spiro atoms. The van der Waals surface area contributed by atoms with Gasteiger partial charge in [-0.15, -0.1) is 24.0 Å². The minimum atomic E-state index is -0.506. The molecular formula is C17H34IN5O3. The van der Waals surface area contributed by atoms with E-state index in [0.29, 0.717) is 32.0 Å². The number of aliphatic imine (C=N–C) groups is 1. The van der Waals surface area contributed by atoms with E-state index in [2.05, 4.69) is 27.5 Å². The van der Waals surface area contributed by atoms with E-state index in [4.69, 9.17) is 4.74 Å². The van der Waals surface area contributed by atoms with Crippen LogP contribution >= 0.6 is 24.0 Å². The van der Waals surface area contributed by atoms with Crippen LogP contribution in [0.5, 0.6) is 0 Å². The fourth-order valence-electron chi connectivity index (χ4n) is 1.50. The molecule has 9 heteroatoms. The number of amides is 2. The van der Waals surface area contributed by atoms with Crippen LogP contribution in [0.1, 0.15) is 34.1 Å². The molecule has 0 radical (unpaired) electrons. The molecule has 0 aliphatic carbocycles. The van der Waals surface area contributed by atoms with Crippen molar-refractivity contribution in [1.29, 1.82) is 0 Å². The first kappa shape index (κ1) is 26.7. The van der Waals surface area contributed by atoms with Crippen LogP contribution in [0.25, 0.3) is 0 Å². The Morgan fingerprint density at radius 3 is 2.19 bits per heavy atom. The van der Waals surface area contributed by atoms with Crippen LogP contribution in [0, 0.1) is 0 Å². The number of rotatable bonds is 8. The lowest BCUT2D eigenvalue weighted by molar-refractivity contribution is -0.127. The zero-order valence-electron chi connectivity index (χ0n) is 16.8. The van der Waals surface area contributed by atoms with E-state index in [1.54, 1.807) is 14.1 Å². The van der Waals surface area contributed by atoms with Gasteiger partial charge in [-0.1, -0.05) is 12.2 Å². The maximum absolute atomic E-state index is 11.6. The molecule has 2 amide bonds. The van der Waals surface area contributed by atoms with Gasteiger partial charge < -0.3 is 25.6 Å². The molecule has 0 rings (SSSR count). The maximum Gasteiger partial charge on any atom is 0.407 e. The Morgan fingerprint density at radius 2 is 1.69 bits per heavy atom. The zero-order chi connectivity index (χ0) is 19.5. The van der Waals surface area contributed by atoms with Crippen molar-refractivity contribution in [3.63, 3.8) is 0 Å². The standard InChI is InChI=1S/C17H33N5O3.HI/c1-13(2)11-20-15(21-12-14(23)22(6)7)18-9-8-10-19-16(24)25-17(3,4)5;/h1,8-12H2,2-7H3,(H,19,24)(H2,18,20,21);1H. The van der Waals surface area contributed by atoms with Gasteiger partial charge in [0.15, 0.2) is 5.96 Å². The zero-order valence-corrected chi connectivity index (χ0v) is 19.1. The van der Waals surface area contributed by atoms with Crippen LogP contribution in [0.4, 0.5) is 4.79 Å². The van der Waals surface area contributed by atoms with E-state index >= 15 is 0 Å². The Morgan fingerprint density at radius 1 is 1.12 bits per heavy atom. The molecule has 8 nitrogen and oxygen atoms in total. The van der Waals surface area contributed by atoms with E-state index in [1.165, 1.54) is 4.90 Å². The highest BCUT2D eigenvalue weighted by Gasteiger charge is 2.15. The first-order valence-corrected chi connectivity index (χ1v) is 8.35. The van der Waals surface area contributed by atoms with E-state index in [1.807, 2.05) is 27.7 Å². The van der Waals surface area contributed by atoms with Gasteiger partial charge in [-0.25, -0.2) is 9.79 Å². The number of hydrogen-bond acceptors (Lipinski definition) is 4. The maximum atomic E-state index is 11.6. The normalized spacial score (nSPS) is 11.1. The molecule has 0 aromatic heterocycles. The largest absolute Gasteiger partial charge is 0.444 e. The van der Waals surface area contributed by atoms with Gasteiger partial charge in [-0.3, -0.25) is 4.79 Å². The summed E-state index contributed by atoms with van der Waals surface area (Å²) in [7, 11) is 3.38. The number of ether oxygens (including phenoxy) is 1. The highest BCUT2D eigenvalue weighted by Crippen LogP contribution is 2.06. The van der Waals surface area contributed by atoms with E-state index in [9.17, 15) is 9.59 Å². The second-order valence-corrected chi connectivity index (χ2v) is 6.97. The smallest absolute Gasteiger partial charge is 0.407 e. The lowest BCUT2D eigenvalue weighted by Crippen LogP contribution is -2.40. The molecule has 0 saturated carbocycles. The summed E-state index contributed by atoms with van der Waals surface area (Å²) in [4.78, 5) is 28.9. The van der Waals surface area contributed by atoms with Gasteiger partial charge in [0.05, 0.1) is 0 Å². The predicted octanol–water partition coefficient (Wildman–Crippen LogP) is 1.72. The molecule has 0 saturated heterocycles. The monoisotopic (exact) mass is 483 g/mol. The minimum Gasteiger partial charge on any atom is -0.444 e. The average Bonchev–Trinajstić information content (AvgIpc) is 2.46. The van der Waals surface area contributed by atoms with Gasteiger partial charge in [0.1, 0.15) is 12.1 Å². The molecule has 0 aromatic carbocycles. The summed E-state index contributed by atoms with van der Waals surface area (Å²) >= 11 is 0. The number of nitrogens with one attached hydrogen (secondary N) is 3. The Bertz CT molecular complexity index is 487. The summed E-state index contributed by atoms with van der Waals surface area (Å²) in [5.74, 6) is 0.457. The number of halogens is 1. The molecule has 0 aromatic rings. The summed E-state index contributed by atoms with van der Waals surface area (Å²) in [6.07, 6.45) is 0.257. The number of carbonyl (C=O) groups is 2. The van der Waals surface area contributed by atoms with Gasteiger partial charge in [-0.2, -0.15) is 0 Å². The van der Waals surface area contributed by atoms with E-state index in [0.717, 1.165) is 5.57 Å². The first-order chi connectivity index (χ1) is 11.5. The van der Waals surface area contributed by atoms with Crippen molar-refractivity contribution in [2.75, 3.05) is 40.3 Å². The fraction of sp³-hybridized carbons (Fsp3) is 0.706. The van der Waals surface area contributed by atoms with Crippen molar-refractivity contribution >= 4 is 41.9 Å².